The van der Waals surface area contributed by atoms with Crippen LogP contribution < -0.4 is 0 Å². The van der Waals surface area contributed by atoms with Crippen LogP contribution in [0.3, 0.4) is 0 Å². The van der Waals surface area contributed by atoms with Crippen molar-refractivity contribution in [2.45, 2.75) is 19.3 Å². The van der Waals surface area contributed by atoms with Crippen LogP contribution in [0.4, 0.5) is 0 Å². The Bertz CT molecular complexity index is 490. The normalized spacial score (nSPS) is 16.2. The first-order valence-electron chi connectivity index (χ1n) is 6.22. The maximum absolute atomic E-state index is 5.41. The SMILES string of the molecule is c1ccc(-c2cn(CCC3OCCO3)cn2)cc1. The molecule has 0 saturated carbocycles. The van der Waals surface area contributed by atoms with E-state index in [9.17, 15) is 0 Å². The molecule has 0 spiro atoms. The van der Waals surface area contributed by atoms with E-state index in [1.807, 2.05) is 24.5 Å². The van der Waals surface area contributed by atoms with Gasteiger partial charge < -0.3 is 14.0 Å². The van der Waals surface area contributed by atoms with Gasteiger partial charge in [0.2, 0.25) is 0 Å². The van der Waals surface area contributed by atoms with Crippen molar-refractivity contribution in [3.8, 4) is 11.3 Å². The second-order valence-corrected chi connectivity index (χ2v) is 4.32. The molecule has 0 aliphatic carbocycles. The summed E-state index contributed by atoms with van der Waals surface area (Å²) in [6.45, 7) is 2.29. The van der Waals surface area contributed by atoms with Crippen LogP contribution >= 0.6 is 0 Å². The lowest BCUT2D eigenvalue weighted by Gasteiger charge is -2.08. The zero-order chi connectivity index (χ0) is 12.2. The molecule has 1 fully saturated rings. The standard InChI is InChI=1S/C14H16N2O2/c1-2-4-12(5-3-1)13-10-16(11-15-13)7-6-14-17-8-9-18-14/h1-5,10-11,14H,6-9H2. The van der Waals surface area contributed by atoms with Crippen LogP contribution in [0.2, 0.25) is 0 Å². The molecule has 0 bridgehead atoms. The van der Waals surface area contributed by atoms with Crippen LogP contribution in [0.15, 0.2) is 42.9 Å². The van der Waals surface area contributed by atoms with Crippen LogP contribution in [0, 0.1) is 0 Å². The van der Waals surface area contributed by atoms with Gasteiger partial charge in [-0.1, -0.05) is 30.3 Å². The van der Waals surface area contributed by atoms with Gasteiger partial charge in [-0.15, -0.1) is 0 Å². The molecule has 1 aliphatic heterocycles. The van der Waals surface area contributed by atoms with Gasteiger partial charge in [0, 0.05) is 24.7 Å². The molecule has 2 heterocycles. The van der Waals surface area contributed by atoms with Crippen molar-refractivity contribution in [3.05, 3.63) is 42.9 Å². The van der Waals surface area contributed by atoms with E-state index in [0.717, 1.165) is 24.2 Å². The molecule has 2 aromatic rings. The fraction of sp³-hybridized carbons (Fsp3) is 0.357. The predicted molar refractivity (Wildman–Crippen MR) is 68.0 cm³/mol. The molecule has 0 amide bonds. The molecule has 4 nitrogen and oxygen atoms in total. The van der Waals surface area contributed by atoms with Crippen LogP contribution in [-0.4, -0.2) is 29.1 Å². The van der Waals surface area contributed by atoms with Gasteiger partial charge in [0.05, 0.1) is 25.2 Å². The van der Waals surface area contributed by atoms with Gasteiger partial charge in [-0.05, 0) is 0 Å². The Morgan fingerprint density at radius 3 is 2.72 bits per heavy atom. The molecule has 0 unspecified atom stereocenters. The highest BCUT2D eigenvalue weighted by Crippen LogP contribution is 2.16. The lowest BCUT2D eigenvalue weighted by atomic mass is 10.2. The zero-order valence-corrected chi connectivity index (χ0v) is 10.2. The summed E-state index contributed by atoms with van der Waals surface area (Å²) in [5, 5.41) is 0. The van der Waals surface area contributed by atoms with Crippen molar-refractivity contribution >= 4 is 0 Å². The molecule has 3 rings (SSSR count). The number of hydrogen-bond donors (Lipinski definition) is 0. The van der Waals surface area contributed by atoms with E-state index < -0.39 is 0 Å². The van der Waals surface area contributed by atoms with Gasteiger partial charge in [0.1, 0.15) is 0 Å². The highest BCUT2D eigenvalue weighted by atomic mass is 16.7. The summed E-state index contributed by atoms with van der Waals surface area (Å²) in [6.07, 6.45) is 4.74. The Balaban J connectivity index is 1.63. The van der Waals surface area contributed by atoms with E-state index in [4.69, 9.17) is 9.47 Å². The largest absolute Gasteiger partial charge is 0.350 e. The third kappa shape index (κ3) is 2.60. The Kier molecular flexibility index (Phi) is 3.39. The number of ether oxygens (including phenoxy) is 2. The first-order chi connectivity index (χ1) is 8.92. The van der Waals surface area contributed by atoms with Crippen LogP contribution in [0.1, 0.15) is 6.42 Å². The van der Waals surface area contributed by atoms with Gasteiger partial charge in [0.25, 0.3) is 0 Å². The molecule has 94 valence electrons. The molecule has 0 atom stereocenters. The summed E-state index contributed by atoms with van der Waals surface area (Å²) >= 11 is 0. The molecule has 1 saturated heterocycles. The van der Waals surface area contributed by atoms with Gasteiger partial charge in [-0.3, -0.25) is 0 Å². The molecule has 1 aromatic heterocycles. The summed E-state index contributed by atoms with van der Waals surface area (Å²) in [4.78, 5) is 4.41. The first-order valence-corrected chi connectivity index (χ1v) is 6.22. The molecular formula is C14H16N2O2. The van der Waals surface area contributed by atoms with E-state index >= 15 is 0 Å². The van der Waals surface area contributed by atoms with Crippen molar-refractivity contribution in [2.75, 3.05) is 13.2 Å². The maximum Gasteiger partial charge on any atom is 0.159 e. The smallest absolute Gasteiger partial charge is 0.159 e. The maximum atomic E-state index is 5.41. The van der Waals surface area contributed by atoms with Crippen LogP contribution in [0.5, 0.6) is 0 Å². The molecule has 4 heteroatoms. The van der Waals surface area contributed by atoms with Gasteiger partial charge in [-0.25, -0.2) is 4.98 Å². The molecular weight excluding hydrogens is 228 g/mol. The Labute approximate surface area is 106 Å². The zero-order valence-electron chi connectivity index (χ0n) is 10.2. The lowest BCUT2D eigenvalue weighted by molar-refractivity contribution is -0.0490. The van der Waals surface area contributed by atoms with Gasteiger partial charge in [0.15, 0.2) is 6.29 Å². The monoisotopic (exact) mass is 244 g/mol. The molecule has 1 aromatic carbocycles. The number of hydrogen-bond acceptors (Lipinski definition) is 3. The fourth-order valence-corrected chi connectivity index (χ4v) is 2.07. The minimum Gasteiger partial charge on any atom is -0.350 e. The van der Waals surface area contributed by atoms with Crippen LogP contribution in [0.25, 0.3) is 11.3 Å². The minimum atomic E-state index is -0.0485. The number of benzene rings is 1. The second kappa shape index (κ2) is 5.33. The molecule has 0 radical (unpaired) electrons. The second-order valence-electron chi connectivity index (χ2n) is 4.32. The highest BCUT2D eigenvalue weighted by Gasteiger charge is 2.15. The van der Waals surface area contributed by atoms with Crippen molar-refractivity contribution in [2.24, 2.45) is 0 Å². The average molecular weight is 244 g/mol. The van der Waals surface area contributed by atoms with E-state index in [0.29, 0.717) is 13.2 Å². The number of aryl methyl sites for hydroxylation is 1. The first kappa shape index (κ1) is 11.4. The quantitative estimate of drug-likeness (QED) is 0.828. The Morgan fingerprint density at radius 1 is 1.17 bits per heavy atom. The number of nitrogens with zero attached hydrogens (tertiary/aromatic N) is 2. The van der Waals surface area contributed by atoms with Crippen molar-refractivity contribution in [3.63, 3.8) is 0 Å². The lowest BCUT2D eigenvalue weighted by Crippen LogP contribution is -2.11. The number of rotatable bonds is 4. The van der Waals surface area contributed by atoms with E-state index in [-0.39, 0.29) is 6.29 Å². The van der Waals surface area contributed by atoms with E-state index in [2.05, 4.69) is 27.9 Å². The van der Waals surface area contributed by atoms with Gasteiger partial charge in [-0.2, -0.15) is 0 Å². The third-order valence-corrected chi connectivity index (χ3v) is 3.02. The van der Waals surface area contributed by atoms with Gasteiger partial charge >= 0.3 is 0 Å². The summed E-state index contributed by atoms with van der Waals surface area (Å²) in [5.41, 5.74) is 2.15. The summed E-state index contributed by atoms with van der Waals surface area (Å²) in [6, 6.07) is 10.2. The fourth-order valence-electron chi connectivity index (χ4n) is 2.07. The van der Waals surface area contributed by atoms with E-state index in [1.165, 1.54) is 0 Å². The molecule has 0 N–H and O–H groups in total. The Morgan fingerprint density at radius 2 is 1.94 bits per heavy atom. The summed E-state index contributed by atoms with van der Waals surface area (Å²) in [5.74, 6) is 0. The minimum absolute atomic E-state index is 0.0485. The van der Waals surface area contributed by atoms with E-state index in [1.54, 1.807) is 0 Å². The summed E-state index contributed by atoms with van der Waals surface area (Å²) in [7, 11) is 0. The molecule has 1 aliphatic rings. The van der Waals surface area contributed by atoms with Crippen molar-refractivity contribution in [1.29, 1.82) is 0 Å². The number of imidazole rings is 1. The van der Waals surface area contributed by atoms with Crippen molar-refractivity contribution < 1.29 is 9.47 Å². The molecule has 18 heavy (non-hydrogen) atoms. The summed E-state index contributed by atoms with van der Waals surface area (Å²) < 4.78 is 12.9. The average Bonchev–Trinajstić information content (AvgIpc) is 3.09. The third-order valence-electron chi connectivity index (χ3n) is 3.02. The number of aromatic nitrogens is 2. The topological polar surface area (TPSA) is 36.3 Å². The Hall–Kier alpha value is -1.65. The predicted octanol–water partition coefficient (Wildman–Crippen LogP) is 2.31. The highest BCUT2D eigenvalue weighted by molar-refractivity contribution is 5.57. The van der Waals surface area contributed by atoms with Crippen molar-refractivity contribution in [1.82, 2.24) is 9.55 Å². The van der Waals surface area contributed by atoms with Crippen LogP contribution in [-0.2, 0) is 16.0 Å².